The van der Waals surface area contributed by atoms with Gasteiger partial charge in [-0.15, -0.1) is 0 Å². The third-order valence-electron chi connectivity index (χ3n) is 6.45. The largest absolute Gasteiger partial charge is 0.494 e. The summed E-state index contributed by atoms with van der Waals surface area (Å²) < 4.78 is 2.32. The first-order chi connectivity index (χ1) is 16.6. The summed E-state index contributed by atoms with van der Waals surface area (Å²) in [6.45, 7) is 0.633. The fourth-order valence-electron chi connectivity index (χ4n) is 4.91. The van der Waals surface area contributed by atoms with Gasteiger partial charge in [-0.25, -0.2) is 13.9 Å². The van der Waals surface area contributed by atoms with Crippen LogP contribution in [0.4, 0.5) is 0 Å². The molecule has 0 bridgehead atoms. The SMILES string of the molecule is O=c1c([C@H]2NCCc3c2[nH]c2ccccc32)c(O)n(-c2ccccc2)c(=O)n1-c1ccccc1. The molecule has 7 nitrogen and oxygen atoms in total. The van der Waals surface area contributed by atoms with Crippen molar-refractivity contribution in [3.05, 3.63) is 123 Å². The quantitative estimate of drug-likeness (QED) is 0.393. The fourth-order valence-corrected chi connectivity index (χ4v) is 4.91. The minimum Gasteiger partial charge on any atom is -0.494 e. The van der Waals surface area contributed by atoms with E-state index in [2.05, 4.69) is 16.4 Å². The first-order valence-corrected chi connectivity index (χ1v) is 11.2. The van der Waals surface area contributed by atoms with Crippen LogP contribution in [0.5, 0.6) is 5.88 Å². The number of benzene rings is 3. The van der Waals surface area contributed by atoms with E-state index in [0.717, 1.165) is 33.1 Å². The summed E-state index contributed by atoms with van der Waals surface area (Å²) in [5, 5.41) is 15.9. The Hall–Kier alpha value is -4.36. The van der Waals surface area contributed by atoms with Crippen molar-refractivity contribution in [3.63, 3.8) is 0 Å². The van der Waals surface area contributed by atoms with Crippen LogP contribution in [0.2, 0.25) is 0 Å². The summed E-state index contributed by atoms with van der Waals surface area (Å²) in [5.74, 6) is -0.364. The Bertz CT molecular complexity index is 1630. The van der Waals surface area contributed by atoms with Gasteiger partial charge in [0.1, 0.15) is 5.56 Å². The molecule has 168 valence electrons. The molecule has 1 aliphatic heterocycles. The van der Waals surface area contributed by atoms with E-state index in [1.807, 2.05) is 30.3 Å². The third-order valence-corrected chi connectivity index (χ3v) is 6.45. The van der Waals surface area contributed by atoms with Gasteiger partial charge in [0, 0.05) is 23.1 Å². The Morgan fingerprint density at radius 2 is 1.41 bits per heavy atom. The number of aromatic amines is 1. The van der Waals surface area contributed by atoms with Gasteiger partial charge >= 0.3 is 5.69 Å². The number of hydrogen-bond acceptors (Lipinski definition) is 4. The molecule has 6 rings (SSSR count). The molecular weight excluding hydrogens is 428 g/mol. The van der Waals surface area contributed by atoms with Crippen molar-refractivity contribution in [2.75, 3.05) is 6.54 Å². The zero-order valence-electron chi connectivity index (χ0n) is 18.2. The maximum Gasteiger partial charge on any atom is 0.343 e. The zero-order chi connectivity index (χ0) is 23.2. The van der Waals surface area contributed by atoms with Crippen LogP contribution >= 0.6 is 0 Å². The van der Waals surface area contributed by atoms with Crippen molar-refractivity contribution in [2.24, 2.45) is 0 Å². The first-order valence-electron chi connectivity index (χ1n) is 11.2. The maximum atomic E-state index is 13.9. The second kappa shape index (κ2) is 7.90. The highest BCUT2D eigenvalue weighted by molar-refractivity contribution is 5.85. The van der Waals surface area contributed by atoms with Gasteiger partial charge in [0.05, 0.1) is 17.4 Å². The van der Waals surface area contributed by atoms with Gasteiger partial charge in [-0.05, 0) is 42.3 Å². The number of H-pyrrole nitrogens is 1. The van der Waals surface area contributed by atoms with Crippen LogP contribution in [0.3, 0.4) is 0 Å². The Balaban J connectivity index is 1.69. The summed E-state index contributed by atoms with van der Waals surface area (Å²) in [5.41, 5.74) is 2.78. The topological polar surface area (TPSA) is 92.1 Å². The summed E-state index contributed by atoms with van der Waals surface area (Å²) in [6, 6.07) is 25.1. The van der Waals surface area contributed by atoms with E-state index in [4.69, 9.17) is 0 Å². The molecule has 1 aliphatic rings. The van der Waals surface area contributed by atoms with Crippen LogP contribution < -0.4 is 16.6 Å². The van der Waals surface area contributed by atoms with Crippen molar-refractivity contribution in [1.82, 2.24) is 19.4 Å². The smallest absolute Gasteiger partial charge is 0.343 e. The van der Waals surface area contributed by atoms with E-state index in [-0.39, 0.29) is 11.4 Å². The first kappa shape index (κ1) is 20.3. The minimum atomic E-state index is -0.628. The number of fused-ring (bicyclic) bond motifs is 3. The number of nitrogens with one attached hydrogen (secondary N) is 2. The van der Waals surface area contributed by atoms with Crippen LogP contribution in [-0.2, 0) is 6.42 Å². The molecule has 0 unspecified atom stereocenters. The van der Waals surface area contributed by atoms with Crippen LogP contribution in [0, 0.1) is 0 Å². The highest BCUT2D eigenvalue weighted by atomic mass is 16.3. The standard InChI is InChI=1S/C27H22N4O3/c32-25-22(24-23-20(15-16-28-24)19-13-7-8-14-21(19)29-23)26(33)31(18-11-5-2-6-12-18)27(34)30(25)17-9-3-1-4-10-17/h1-14,24,28-29,32H,15-16H2/t24-/m1/s1. The van der Waals surface area contributed by atoms with Crippen molar-refractivity contribution >= 4 is 10.9 Å². The molecule has 0 spiro atoms. The van der Waals surface area contributed by atoms with Gasteiger partial charge in [-0.1, -0.05) is 54.6 Å². The average molecular weight is 450 g/mol. The molecule has 0 saturated heterocycles. The summed E-state index contributed by atoms with van der Waals surface area (Å²) >= 11 is 0. The monoisotopic (exact) mass is 450 g/mol. The molecule has 0 saturated carbocycles. The number of rotatable bonds is 3. The molecule has 3 N–H and O–H groups in total. The van der Waals surface area contributed by atoms with E-state index >= 15 is 0 Å². The molecular formula is C27H22N4O3. The molecule has 0 fully saturated rings. The van der Waals surface area contributed by atoms with Gasteiger partial charge in [0.25, 0.3) is 5.56 Å². The summed E-state index contributed by atoms with van der Waals surface area (Å²) in [4.78, 5) is 30.9. The number of hydrogen-bond donors (Lipinski definition) is 3. The van der Waals surface area contributed by atoms with Crippen molar-refractivity contribution < 1.29 is 5.11 Å². The van der Waals surface area contributed by atoms with E-state index in [0.29, 0.717) is 17.9 Å². The van der Waals surface area contributed by atoms with Crippen molar-refractivity contribution in [1.29, 1.82) is 0 Å². The Labute approximate surface area is 194 Å². The average Bonchev–Trinajstić information content (AvgIpc) is 3.25. The summed E-state index contributed by atoms with van der Waals surface area (Å²) in [6.07, 6.45) is 0.793. The predicted molar refractivity (Wildman–Crippen MR) is 131 cm³/mol. The third kappa shape index (κ3) is 3.02. The summed E-state index contributed by atoms with van der Waals surface area (Å²) in [7, 11) is 0. The maximum absolute atomic E-state index is 13.9. The second-order valence-electron chi connectivity index (χ2n) is 8.37. The Kier molecular flexibility index (Phi) is 4.71. The van der Waals surface area contributed by atoms with Crippen molar-refractivity contribution in [3.8, 4) is 17.3 Å². The van der Waals surface area contributed by atoms with Crippen LogP contribution in [-0.4, -0.2) is 25.8 Å². The predicted octanol–water partition coefficient (Wildman–Crippen LogP) is 3.41. The van der Waals surface area contributed by atoms with Crippen molar-refractivity contribution in [2.45, 2.75) is 12.5 Å². The normalized spacial score (nSPS) is 15.4. The molecule has 0 amide bonds. The number of aromatic hydroxyl groups is 1. The Morgan fingerprint density at radius 1 is 0.794 bits per heavy atom. The highest BCUT2D eigenvalue weighted by Crippen LogP contribution is 2.35. The molecule has 3 aromatic carbocycles. The molecule has 3 heterocycles. The second-order valence-corrected chi connectivity index (χ2v) is 8.37. The number of para-hydroxylation sites is 3. The minimum absolute atomic E-state index is 0.125. The molecule has 1 atom stereocenters. The highest BCUT2D eigenvalue weighted by Gasteiger charge is 2.32. The van der Waals surface area contributed by atoms with Crippen LogP contribution in [0.25, 0.3) is 22.3 Å². The van der Waals surface area contributed by atoms with Gasteiger partial charge in [-0.3, -0.25) is 4.79 Å². The van der Waals surface area contributed by atoms with Crippen LogP contribution in [0.15, 0.2) is 94.5 Å². The lowest BCUT2D eigenvalue weighted by atomic mass is 9.95. The van der Waals surface area contributed by atoms with E-state index in [1.54, 1.807) is 48.5 Å². The number of nitrogens with zero attached hydrogens (tertiary/aromatic N) is 2. The van der Waals surface area contributed by atoms with Gasteiger partial charge in [-0.2, -0.15) is 0 Å². The molecule has 0 radical (unpaired) electrons. The number of aromatic nitrogens is 3. The fraction of sp³-hybridized carbons (Fsp3) is 0.111. The lowest BCUT2D eigenvalue weighted by Gasteiger charge is -2.26. The molecule has 7 heteroatoms. The molecule has 5 aromatic rings. The van der Waals surface area contributed by atoms with Gasteiger partial charge in [0.15, 0.2) is 0 Å². The molecule has 2 aromatic heterocycles. The van der Waals surface area contributed by atoms with E-state index in [9.17, 15) is 14.7 Å². The van der Waals surface area contributed by atoms with Gasteiger partial charge < -0.3 is 15.4 Å². The lowest BCUT2D eigenvalue weighted by molar-refractivity contribution is 0.406. The zero-order valence-corrected chi connectivity index (χ0v) is 18.2. The Morgan fingerprint density at radius 3 is 2.12 bits per heavy atom. The van der Waals surface area contributed by atoms with Crippen LogP contribution in [0.1, 0.15) is 22.9 Å². The van der Waals surface area contributed by atoms with Gasteiger partial charge in [0.2, 0.25) is 5.88 Å². The molecule has 34 heavy (non-hydrogen) atoms. The van der Waals surface area contributed by atoms with E-state index < -0.39 is 17.3 Å². The lowest BCUT2D eigenvalue weighted by Crippen LogP contribution is -2.43. The van der Waals surface area contributed by atoms with E-state index in [1.165, 1.54) is 4.57 Å². The molecule has 0 aliphatic carbocycles.